The van der Waals surface area contributed by atoms with Crippen LogP contribution >= 0.6 is 0 Å². The summed E-state index contributed by atoms with van der Waals surface area (Å²) >= 11 is 0. The van der Waals surface area contributed by atoms with Gasteiger partial charge in [0.25, 0.3) is 5.69 Å². The van der Waals surface area contributed by atoms with Crippen LogP contribution in [0.3, 0.4) is 0 Å². The first kappa shape index (κ1) is 14.6. The van der Waals surface area contributed by atoms with Gasteiger partial charge < -0.3 is 10.1 Å². The number of rotatable bonds is 3. The molecule has 1 aromatic rings. The van der Waals surface area contributed by atoms with Crippen LogP contribution in [0.2, 0.25) is 0 Å². The summed E-state index contributed by atoms with van der Waals surface area (Å²) in [5, 5.41) is 13.9. The molecule has 0 aromatic heterocycles. The standard InChI is InChI=1S/C12H13F3N2O3/c1-11(4-5-20-7-11)16-9-3-2-8(12(13,14)15)6-10(9)17(18)19/h2-3,6,16H,4-5,7H2,1H3. The predicted octanol–water partition coefficient (Wildman–Crippen LogP) is 3.20. The first-order valence-electron chi connectivity index (χ1n) is 5.93. The lowest BCUT2D eigenvalue weighted by Gasteiger charge is -2.25. The summed E-state index contributed by atoms with van der Waals surface area (Å²) in [7, 11) is 0. The first-order chi connectivity index (χ1) is 9.21. The SMILES string of the molecule is CC1(Nc2ccc(C(F)(F)F)cc2[N+](=O)[O-])CCOC1. The summed E-state index contributed by atoms with van der Waals surface area (Å²) in [6.45, 7) is 2.67. The fraction of sp³-hybridized carbons (Fsp3) is 0.500. The van der Waals surface area contributed by atoms with Crippen molar-refractivity contribution in [2.24, 2.45) is 0 Å². The molecule has 1 aromatic carbocycles. The number of alkyl halides is 3. The number of nitrogens with one attached hydrogen (secondary N) is 1. The minimum absolute atomic E-state index is 0.0657. The van der Waals surface area contributed by atoms with Crippen molar-refractivity contribution < 1.29 is 22.8 Å². The molecule has 0 amide bonds. The molecule has 1 N–H and O–H groups in total. The molecule has 1 fully saturated rings. The van der Waals surface area contributed by atoms with Crippen molar-refractivity contribution in [2.75, 3.05) is 18.5 Å². The van der Waals surface area contributed by atoms with E-state index in [9.17, 15) is 23.3 Å². The van der Waals surface area contributed by atoms with Gasteiger partial charge in [0, 0.05) is 12.7 Å². The van der Waals surface area contributed by atoms with Crippen molar-refractivity contribution in [3.8, 4) is 0 Å². The normalized spacial score (nSPS) is 22.8. The number of halogens is 3. The number of nitro groups is 1. The van der Waals surface area contributed by atoms with E-state index >= 15 is 0 Å². The number of nitrogens with zero attached hydrogens (tertiary/aromatic N) is 1. The molecular weight excluding hydrogens is 277 g/mol. The van der Waals surface area contributed by atoms with Gasteiger partial charge in [0.05, 0.1) is 22.6 Å². The molecule has 1 atom stereocenters. The molecule has 1 unspecified atom stereocenters. The van der Waals surface area contributed by atoms with Crippen molar-refractivity contribution in [3.63, 3.8) is 0 Å². The van der Waals surface area contributed by atoms with Gasteiger partial charge in [-0.3, -0.25) is 10.1 Å². The lowest BCUT2D eigenvalue weighted by molar-refractivity contribution is -0.384. The van der Waals surface area contributed by atoms with Gasteiger partial charge in [-0.1, -0.05) is 0 Å². The smallest absolute Gasteiger partial charge is 0.379 e. The molecule has 0 spiro atoms. The van der Waals surface area contributed by atoms with Crippen LogP contribution in [0.25, 0.3) is 0 Å². The minimum Gasteiger partial charge on any atom is -0.379 e. The molecule has 0 bridgehead atoms. The van der Waals surface area contributed by atoms with E-state index < -0.39 is 27.9 Å². The van der Waals surface area contributed by atoms with Crippen molar-refractivity contribution >= 4 is 11.4 Å². The van der Waals surface area contributed by atoms with Gasteiger partial charge in [0.2, 0.25) is 0 Å². The van der Waals surface area contributed by atoms with Crippen LogP contribution in [0, 0.1) is 10.1 Å². The molecule has 5 nitrogen and oxygen atoms in total. The number of ether oxygens (including phenoxy) is 1. The van der Waals surface area contributed by atoms with E-state index in [4.69, 9.17) is 4.74 Å². The number of nitro benzene ring substituents is 1. The van der Waals surface area contributed by atoms with Gasteiger partial charge in [-0.2, -0.15) is 13.2 Å². The van der Waals surface area contributed by atoms with E-state index in [-0.39, 0.29) is 5.69 Å². The molecule has 1 aliphatic heterocycles. The maximum absolute atomic E-state index is 12.6. The summed E-state index contributed by atoms with van der Waals surface area (Å²) in [5.74, 6) is 0. The molecule has 20 heavy (non-hydrogen) atoms. The zero-order chi connectivity index (χ0) is 15.0. The van der Waals surface area contributed by atoms with Crippen molar-refractivity contribution in [1.29, 1.82) is 0 Å². The van der Waals surface area contributed by atoms with Crippen LogP contribution in [0.1, 0.15) is 18.9 Å². The molecule has 1 saturated heterocycles. The quantitative estimate of drug-likeness (QED) is 0.686. The Morgan fingerprint density at radius 2 is 2.15 bits per heavy atom. The average molecular weight is 290 g/mol. The Morgan fingerprint density at radius 1 is 1.45 bits per heavy atom. The van der Waals surface area contributed by atoms with Crippen molar-refractivity contribution in [2.45, 2.75) is 25.1 Å². The summed E-state index contributed by atoms with van der Waals surface area (Å²) in [4.78, 5) is 10.1. The summed E-state index contributed by atoms with van der Waals surface area (Å²) in [5.41, 5.74) is -2.07. The van der Waals surface area contributed by atoms with E-state index in [2.05, 4.69) is 5.32 Å². The highest BCUT2D eigenvalue weighted by molar-refractivity contribution is 5.64. The maximum Gasteiger partial charge on any atom is 0.416 e. The van der Waals surface area contributed by atoms with Crippen LogP contribution in [0.15, 0.2) is 18.2 Å². The lowest BCUT2D eigenvalue weighted by atomic mass is 10.0. The van der Waals surface area contributed by atoms with Crippen LogP contribution in [-0.2, 0) is 10.9 Å². The van der Waals surface area contributed by atoms with Crippen molar-refractivity contribution in [1.82, 2.24) is 0 Å². The number of hydrogen-bond acceptors (Lipinski definition) is 4. The molecule has 8 heteroatoms. The number of benzene rings is 1. The molecule has 1 aliphatic rings. The Labute approximate surface area is 112 Å². The fourth-order valence-corrected chi connectivity index (χ4v) is 2.06. The topological polar surface area (TPSA) is 64.4 Å². The van der Waals surface area contributed by atoms with Gasteiger partial charge in [0.1, 0.15) is 5.69 Å². The van der Waals surface area contributed by atoms with E-state index in [1.54, 1.807) is 6.92 Å². The Kier molecular flexibility index (Phi) is 3.59. The zero-order valence-corrected chi connectivity index (χ0v) is 10.7. The largest absolute Gasteiger partial charge is 0.416 e. The Balaban J connectivity index is 2.35. The van der Waals surface area contributed by atoms with Crippen molar-refractivity contribution in [3.05, 3.63) is 33.9 Å². The van der Waals surface area contributed by atoms with Crippen LogP contribution in [0.5, 0.6) is 0 Å². The highest BCUT2D eigenvalue weighted by Gasteiger charge is 2.35. The van der Waals surface area contributed by atoms with Crippen LogP contribution < -0.4 is 5.32 Å². The molecular formula is C12H13F3N2O3. The lowest BCUT2D eigenvalue weighted by Crippen LogP contribution is -2.35. The minimum atomic E-state index is -4.61. The van der Waals surface area contributed by atoms with Gasteiger partial charge in [-0.25, -0.2) is 0 Å². The molecule has 110 valence electrons. The van der Waals surface area contributed by atoms with Gasteiger partial charge in [-0.05, 0) is 25.5 Å². The third-order valence-corrected chi connectivity index (χ3v) is 3.18. The Bertz CT molecular complexity index is 525. The molecule has 0 saturated carbocycles. The van der Waals surface area contributed by atoms with E-state index in [1.807, 2.05) is 0 Å². The third kappa shape index (κ3) is 3.01. The second-order valence-electron chi connectivity index (χ2n) is 4.98. The van der Waals surface area contributed by atoms with E-state index in [0.717, 1.165) is 12.1 Å². The predicted molar refractivity (Wildman–Crippen MR) is 65.6 cm³/mol. The summed E-state index contributed by atoms with van der Waals surface area (Å²) in [6.07, 6.45) is -3.98. The Hall–Kier alpha value is -1.83. The molecule has 1 heterocycles. The Morgan fingerprint density at radius 3 is 2.65 bits per heavy atom. The van der Waals surface area contributed by atoms with Crippen LogP contribution in [-0.4, -0.2) is 23.7 Å². The molecule has 0 radical (unpaired) electrons. The van der Waals surface area contributed by atoms with E-state index in [1.165, 1.54) is 0 Å². The number of hydrogen-bond donors (Lipinski definition) is 1. The van der Waals surface area contributed by atoms with Gasteiger partial charge in [-0.15, -0.1) is 0 Å². The molecule has 0 aliphatic carbocycles. The molecule has 2 rings (SSSR count). The second-order valence-corrected chi connectivity index (χ2v) is 4.98. The highest BCUT2D eigenvalue weighted by Crippen LogP contribution is 2.36. The number of anilines is 1. The van der Waals surface area contributed by atoms with Crippen LogP contribution in [0.4, 0.5) is 24.5 Å². The zero-order valence-electron chi connectivity index (χ0n) is 10.7. The van der Waals surface area contributed by atoms with Gasteiger partial charge >= 0.3 is 6.18 Å². The highest BCUT2D eigenvalue weighted by atomic mass is 19.4. The summed E-state index contributed by atoms with van der Waals surface area (Å²) in [6, 6.07) is 2.46. The third-order valence-electron chi connectivity index (χ3n) is 3.18. The summed E-state index contributed by atoms with van der Waals surface area (Å²) < 4.78 is 42.9. The van der Waals surface area contributed by atoms with Gasteiger partial charge in [0.15, 0.2) is 0 Å². The maximum atomic E-state index is 12.6. The van der Waals surface area contributed by atoms with E-state index in [0.29, 0.717) is 25.7 Å². The first-order valence-corrected chi connectivity index (χ1v) is 5.93. The second kappa shape index (κ2) is 4.93. The fourth-order valence-electron chi connectivity index (χ4n) is 2.06. The average Bonchev–Trinajstić information content (AvgIpc) is 2.74. The monoisotopic (exact) mass is 290 g/mol.